The molecule has 0 aromatic carbocycles. The first kappa shape index (κ1) is 11.8. The van der Waals surface area contributed by atoms with E-state index in [1.54, 1.807) is 0 Å². The Balaban J connectivity index is 2.11. The van der Waals surface area contributed by atoms with Crippen molar-refractivity contribution in [3.05, 3.63) is 5.69 Å². The Morgan fingerprint density at radius 2 is 2.35 bits per heavy atom. The van der Waals surface area contributed by atoms with Crippen LogP contribution in [0.25, 0.3) is 0 Å². The van der Waals surface area contributed by atoms with Gasteiger partial charge in [-0.2, -0.15) is 0 Å². The van der Waals surface area contributed by atoms with Gasteiger partial charge in [0.1, 0.15) is 0 Å². The van der Waals surface area contributed by atoms with Crippen molar-refractivity contribution < 1.29 is 19.3 Å². The van der Waals surface area contributed by atoms with Crippen LogP contribution in [-0.2, 0) is 4.74 Å². The first-order chi connectivity index (χ1) is 8.11. The van der Waals surface area contributed by atoms with Gasteiger partial charge in [0.2, 0.25) is 11.5 Å². The van der Waals surface area contributed by atoms with Gasteiger partial charge in [-0.3, -0.25) is 4.79 Å². The second-order valence-corrected chi connectivity index (χ2v) is 3.96. The van der Waals surface area contributed by atoms with Gasteiger partial charge >= 0.3 is 0 Å². The van der Waals surface area contributed by atoms with Crippen LogP contribution < -0.4 is 5.73 Å². The molecule has 2 rings (SSSR count). The van der Waals surface area contributed by atoms with Gasteiger partial charge in [-0.05, 0) is 17.2 Å². The minimum Gasteiger partial charge on any atom is -0.394 e. The smallest absolute Gasteiger partial charge is 0.280 e. The lowest BCUT2D eigenvalue weighted by molar-refractivity contribution is -0.0859. The number of carbonyl (C=O) groups excluding carboxylic acids is 1. The van der Waals surface area contributed by atoms with Crippen molar-refractivity contribution in [2.45, 2.75) is 19.1 Å². The zero-order valence-electron chi connectivity index (χ0n) is 9.37. The highest BCUT2D eigenvalue weighted by atomic mass is 16.6. The zero-order chi connectivity index (χ0) is 12.4. The molecule has 0 spiro atoms. The number of morpholine rings is 1. The molecule has 8 nitrogen and oxygen atoms in total. The molecule has 1 saturated heterocycles. The van der Waals surface area contributed by atoms with E-state index < -0.39 is 0 Å². The Bertz CT molecular complexity index is 407. The maximum atomic E-state index is 12.0. The van der Waals surface area contributed by atoms with E-state index in [-0.39, 0.29) is 36.2 Å². The first-order valence-corrected chi connectivity index (χ1v) is 5.25. The average molecular weight is 242 g/mol. The number of anilines is 1. The fourth-order valence-electron chi connectivity index (χ4n) is 1.81. The summed E-state index contributed by atoms with van der Waals surface area (Å²) in [4.78, 5) is 13.6. The molecule has 2 heterocycles. The summed E-state index contributed by atoms with van der Waals surface area (Å²) in [5, 5.41) is 15.9. The van der Waals surface area contributed by atoms with E-state index in [2.05, 4.69) is 14.9 Å². The zero-order valence-corrected chi connectivity index (χ0v) is 9.37. The molecule has 94 valence electrons. The Morgan fingerprint density at radius 1 is 1.59 bits per heavy atom. The van der Waals surface area contributed by atoms with Gasteiger partial charge < -0.3 is 20.5 Å². The van der Waals surface area contributed by atoms with E-state index >= 15 is 0 Å². The number of amides is 1. The monoisotopic (exact) mass is 242 g/mol. The van der Waals surface area contributed by atoms with E-state index in [1.807, 2.05) is 6.92 Å². The number of nitrogens with zero attached hydrogens (tertiary/aromatic N) is 3. The highest BCUT2D eigenvalue weighted by Gasteiger charge is 2.31. The molecule has 3 N–H and O–H groups in total. The number of aliphatic hydroxyl groups excluding tert-OH is 1. The predicted molar refractivity (Wildman–Crippen MR) is 56.0 cm³/mol. The molecule has 0 bridgehead atoms. The van der Waals surface area contributed by atoms with Crippen molar-refractivity contribution in [3.63, 3.8) is 0 Å². The summed E-state index contributed by atoms with van der Waals surface area (Å²) >= 11 is 0. The van der Waals surface area contributed by atoms with Crippen LogP contribution in [-0.4, -0.2) is 58.1 Å². The van der Waals surface area contributed by atoms with Gasteiger partial charge in [0.05, 0.1) is 18.8 Å². The van der Waals surface area contributed by atoms with E-state index in [0.29, 0.717) is 13.1 Å². The molecule has 17 heavy (non-hydrogen) atoms. The van der Waals surface area contributed by atoms with Crippen molar-refractivity contribution in [3.8, 4) is 0 Å². The Hall–Kier alpha value is -1.67. The number of aliphatic hydroxyl groups is 1. The van der Waals surface area contributed by atoms with E-state index in [9.17, 15) is 4.79 Å². The summed E-state index contributed by atoms with van der Waals surface area (Å²) in [5.74, 6) is -0.396. The van der Waals surface area contributed by atoms with E-state index in [1.165, 1.54) is 4.90 Å². The third-order valence-electron chi connectivity index (χ3n) is 2.53. The number of hydrogen-bond acceptors (Lipinski definition) is 7. The standard InChI is InChI=1S/C9H14N4O4/c1-5-2-13(3-6(4-14)16-5)9(15)7-8(10)12-17-11-7/h5-6,14H,2-4H2,1H3,(H2,10,12). The van der Waals surface area contributed by atoms with Gasteiger partial charge in [-0.1, -0.05) is 0 Å². The Labute approximate surface area is 97.3 Å². The van der Waals surface area contributed by atoms with Crippen LogP contribution in [0.3, 0.4) is 0 Å². The van der Waals surface area contributed by atoms with Gasteiger partial charge in [-0.15, -0.1) is 0 Å². The van der Waals surface area contributed by atoms with Crippen LogP contribution >= 0.6 is 0 Å². The third kappa shape index (κ3) is 2.37. The van der Waals surface area contributed by atoms with Gasteiger partial charge in [0.15, 0.2) is 0 Å². The maximum absolute atomic E-state index is 12.0. The minimum absolute atomic E-state index is 0.00390. The minimum atomic E-state index is -0.385. The predicted octanol–water partition coefficient (Wildman–Crippen LogP) is -1.13. The van der Waals surface area contributed by atoms with Crippen LogP contribution in [0.15, 0.2) is 4.63 Å². The summed E-state index contributed by atoms with van der Waals surface area (Å²) < 4.78 is 9.81. The van der Waals surface area contributed by atoms with Gasteiger partial charge in [0.25, 0.3) is 5.91 Å². The maximum Gasteiger partial charge on any atom is 0.280 e. The quantitative estimate of drug-likeness (QED) is 0.674. The number of carbonyl (C=O) groups is 1. The molecule has 1 aromatic rings. The lowest BCUT2D eigenvalue weighted by atomic mass is 10.2. The molecule has 1 aliphatic rings. The van der Waals surface area contributed by atoms with Crippen LogP contribution in [0.2, 0.25) is 0 Å². The van der Waals surface area contributed by atoms with E-state index in [0.717, 1.165) is 0 Å². The molecular weight excluding hydrogens is 228 g/mol. The van der Waals surface area contributed by atoms with Crippen LogP contribution in [0.4, 0.5) is 5.82 Å². The molecular formula is C9H14N4O4. The summed E-state index contributed by atoms with van der Waals surface area (Å²) in [6.07, 6.45) is -0.533. The lowest BCUT2D eigenvalue weighted by Gasteiger charge is -2.35. The van der Waals surface area contributed by atoms with Gasteiger partial charge in [-0.25, -0.2) is 4.63 Å². The second kappa shape index (κ2) is 4.68. The topological polar surface area (TPSA) is 115 Å². The molecule has 1 amide bonds. The third-order valence-corrected chi connectivity index (χ3v) is 2.53. The normalized spacial score (nSPS) is 24.9. The fourth-order valence-corrected chi connectivity index (χ4v) is 1.81. The Morgan fingerprint density at radius 3 is 2.94 bits per heavy atom. The lowest BCUT2D eigenvalue weighted by Crippen LogP contribution is -2.50. The molecule has 8 heteroatoms. The molecule has 2 atom stereocenters. The highest BCUT2D eigenvalue weighted by molar-refractivity contribution is 5.96. The molecule has 1 aromatic heterocycles. The molecule has 0 radical (unpaired) electrons. The molecule has 1 aliphatic heterocycles. The summed E-state index contributed by atoms with van der Waals surface area (Å²) in [6.45, 7) is 2.40. The second-order valence-electron chi connectivity index (χ2n) is 3.96. The average Bonchev–Trinajstić information content (AvgIpc) is 2.73. The van der Waals surface area contributed by atoms with Crippen molar-refractivity contribution in [2.24, 2.45) is 0 Å². The van der Waals surface area contributed by atoms with E-state index in [4.69, 9.17) is 15.6 Å². The highest BCUT2D eigenvalue weighted by Crippen LogP contribution is 2.15. The number of nitrogen functional groups attached to an aromatic ring is 1. The van der Waals surface area contributed by atoms with Crippen molar-refractivity contribution in [1.82, 2.24) is 15.2 Å². The van der Waals surface area contributed by atoms with Gasteiger partial charge in [0, 0.05) is 13.1 Å². The first-order valence-electron chi connectivity index (χ1n) is 5.25. The van der Waals surface area contributed by atoms with Crippen LogP contribution in [0.5, 0.6) is 0 Å². The summed E-state index contributed by atoms with van der Waals surface area (Å²) in [5.41, 5.74) is 5.45. The fraction of sp³-hybridized carbons (Fsp3) is 0.667. The summed E-state index contributed by atoms with van der Waals surface area (Å²) in [7, 11) is 0. The molecule has 2 unspecified atom stereocenters. The SMILES string of the molecule is CC1CN(C(=O)c2nonc2N)CC(CO)O1. The number of aromatic nitrogens is 2. The van der Waals surface area contributed by atoms with Crippen LogP contribution in [0, 0.1) is 0 Å². The molecule has 0 saturated carbocycles. The number of ether oxygens (including phenoxy) is 1. The molecule has 1 fully saturated rings. The van der Waals surface area contributed by atoms with Crippen molar-refractivity contribution in [1.29, 1.82) is 0 Å². The number of hydrogen-bond donors (Lipinski definition) is 2. The van der Waals surface area contributed by atoms with Crippen molar-refractivity contribution >= 4 is 11.7 Å². The number of nitrogens with two attached hydrogens (primary N) is 1. The summed E-state index contributed by atoms with van der Waals surface area (Å²) in [6, 6.07) is 0. The van der Waals surface area contributed by atoms with Crippen LogP contribution in [0.1, 0.15) is 17.4 Å². The largest absolute Gasteiger partial charge is 0.394 e. The number of rotatable bonds is 2. The Kier molecular flexibility index (Phi) is 3.25. The van der Waals surface area contributed by atoms with Crippen molar-refractivity contribution in [2.75, 3.05) is 25.4 Å². The molecule has 0 aliphatic carbocycles.